The van der Waals surface area contributed by atoms with Crippen molar-refractivity contribution >= 4 is 5.91 Å². The first kappa shape index (κ1) is 11.9. The summed E-state index contributed by atoms with van der Waals surface area (Å²) in [5.41, 5.74) is 1.11. The second-order valence-electron chi connectivity index (χ2n) is 4.25. The van der Waals surface area contributed by atoms with E-state index >= 15 is 0 Å². The summed E-state index contributed by atoms with van der Waals surface area (Å²) in [5.74, 6) is 1.01. The fraction of sp³-hybridized carbons (Fsp3) is 0.462. The summed E-state index contributed by atoms with van der Waals surface area (Å²) in [7, 11) is 3.51. The highest BCUT2D eigenvalue weighted by molar-refractivity contribution is 5.77. The maximum atomic E-state index is 11.8. The molecule has 1 aromatic rings. The molecule has 1 aliphatic heterocycles. The van der Waals surface area contributed by atoms with Gasteiger partial charge >= 0.3 is 0 Å². The molecule has 2 rings (SSSR count). The molecule has 1 amide bonds. The normalized spacial score (nSPS) is 21.2. The summed E-state index contributed by atoms with van der Waals surface area (Å²) in [6.07, 6.45) is 0.566. The molecule has 1 fully saturated rings. The molecule has 1 atom stereocenters. The number of ether oxygens (including phenoxy) is 1. The fourth-order valence-electron chi connectivity index (χ4n) is 2.11. The van der Waals surface area contributed by atoms with Crippen LogP contribution < -0.4 is 10.1 Å². The number of rotatable bonds is 2. The van der Waals surface area contributed by atoms with Crippen molar-refractivity contribution in [3.8, 4) is 5.75 Å². The van der Waals surface area contributed by atoms with Gasteiger partial charge in [-0.2, -0.15) is 0 Å². The molecule has 0 aliphatic carbocycles. The summed E-state index contributed by atoms with van der Waals surface area (Å²) in [4.78, 5) is 13.6. The first-order valence-corrected chi connectivity index (χ1v) is 5.82. The summed E-state index contributed by atoms with van der Waals surface area (Å²) in [6, 6.07) is 7.97. The zero-order valence-electron chi connectivity index (χ0n) is 10.3. The number of methoxy groups -OCH3 is 1. The summed E-state index contributed by atoms with van der Waals surface area (Å²) in [5, 5.41) is 3.29. The van der Waals surface area contributed by atoms with Crippen LogP contribution in [0.2, 0.25) is 0 Å². The van der Waals surface area contributed by atoms with E-state index < -0.39 is 0 Å². The van der Waals surface area contributed by atoms with E-state index in [1.54, 1.807) is 7.11 Å². The van der Waals surface area contributed by atoms with Crippen molar-refractivity contribution < 1.29 is 9.53 Å². The van der Waals surface area contributed by atoms with Crippen molar-refractivity contribution in [3.05, 3.63) is 29.8 Å². The van der Waals surface area contributed by atoms with Crippen LogP contribution in [-0.2, 0) is 4.79 Å². The fourth-order valence-corrected chi connectivity index (χ4v) is 2.11. The molecule has 0 aromatic heterocycles. The van der Waals surface area contributed by atoms with Gasteiger partial charge in [0.25, 0.3) is 0 Å². The van der Waals surface area contributed by atoms with Gasteiger partial charge in [0.15, 0.2) is 0 Å². The molecule has 4 nitrogen and oxygen atoms in total. The van der Waals surface area contributed by atoms with Crippen molar-refractivity contribution in [2.75, 3.05) is 27.2 Å². The molecule has 1 heterocycles. The summed E-state index contributed by atoms with van der Waals surface area (Å²) in [6.45, 7) is 1.54. The number of hydrogen-bond acceptors (Lipinski definition) is 3. The van der Waals surface area contributed by atoms with E-state index in [4.69, 9.17) is 4.74 Å². The monoisotopic (exact) mass is 234 g/mol. The number of carbonyl (C=O) groups is 1. The second-order valence-corrected chi connectivity index (χ2v) is 4.25. The zero-order chi connectivity index (χ0) is 12.3. The maximum absolute atomic E-state index is 11.8. The molecule has 0 spiro atoms. The van der Waals surface area contributed by atoms with Gasteiger partial charge in [0.05, 0.1) is 13.2 Å². The Morgan fingerprint density at radius 3 is 3.06 bits per heavy atom. The van der Waals surface area contributed by atoms with Crippen LogP contribution in [0.5, 0.6) is 5.75 Å². The predicted octanol–water partition coefficient (Wildman–Crippen LogP) is 1.19. The molecule has 1 unspecified atom stereocenters. The van der Waals surface area contributed by atoms with Gasteiger partial charge < -0.3 is 15.0 Å². The van der Waals surface area contributed by atoms with E-state index in [0.29, 0.717) is 6.42 Å². The Balaban J connectivity index is 2.26. The number of carbonyl (C=O) groups excluding carboxylic acids is 1. The number of benzene rings is 1. The number of nitrogens with zero attached hydrogens (tertiary/aromatic N) is 1. The molecule has 92 valence electrons. The lowest BCUT2D eigenvalue weighted by Crippen LogP contribution is -2.32. The van der Waals surface area contributed by atoms with Crippen LogP contribution >= 0.6 is 0 Å². The third kappa shape index (κ3) is 2.58. The van der Waals surface area contributed by atoms with Gasteiger partial charge in [-0.1, -0.05) is 12.1 Å². The van der Waals surface area contributed by atoms with Gasteiger partial charge in [-0.15, -0.1) is 0 Å². The zero-order valence-corrected chi connectivity index (χ0v) is 10.3. The average Bonchev–Trinajstić information content (AvgIpc) is 2.53. The van der Waals surface area contributed by atoms with Crippen LogP contribution in [0.3, 0.4) is 0 Å². The second kappa shape index (κ2) is 5.19. The smallest absolute Gasteiger partial charge is 0.224 e. The van der Waals surface area contributed by atoms with Crippen molar-refractivity contribution in [1.29, 1.82) is 0 Å². The minimum absolute atomic E-state index is 0.0834. The van der Waals surface area contributed by atoms with Crippen molar-refractivity contribution in [2.45, 2.75) is 12.5 Å². The lowest BCUT2D eigenvalue weighted by molar-refractivity contribution is -0.131. The Morgan fingerprint density at radius 1 is 1.47 bits per heavy atom. The van der Waals surface area contributed by atoms with Gasteiger partial charge in [-0.3, -0.25) is 4.79 Å². The van der Waals surface area contributed by atoms with E-state index in [1.807, 2.05) is 36.2 Å². The van der Waals surface area contributed by atoms with Crippen molar-refractivity contribution in [2.24, 2.45) is 0 Å². The summed E-state index contributed by atoms with van der Waals surface area (Å²) < 4.78 is 5.22. The quantitative estimate of drug-likeness (QED) is 0.835. The highest BCUT2D eigenvalue weighted by atomic mass is 16.5. The first-order chi connectivity index (χ1) is 8.22. The highest BCUT2D eigenvalue weighted by Gasteiger charge is 2.24. The first-order valence-electron chi connectivity index (χ1n) is 5.82. The van der Waals surface area contributed by atoms with Crippen LogP contribution in [0.15, 0.2) is 24.3 Å². The minimum Gasteiger partial charge on any atom is -0.497 e. The number of nitrogens with one attached hydrogen (secondary N) is 1. The lowest BCUT2D eigenvalue weighted by Gasteiger charge is -2.26. The van der Waals surface area contributed by atoms with E-state index in [-0.39, 0.29) is 11.9 Å². The van der Waals surface area contributed by atoms with Crippen LogP contribution in [0, 0.1) is 0 Å². The van der Waals surface area contributed by atoms with Crippen molar-refractivity contribution in [3.63, 3.8) is 0 Å². The molecule has 0 saturated carbocycles. The van der Waals surface area contributed by atoms with E-state index in [2.05, 4.69) is 5.32 Å². The molecule has 1 aromatic carbocycles. The molecule has 1 N–H and O–H groups in total. The Hall–Kier alpha value is -1.55. The van der Waals surface area contributed by atoms with Crippen LogP contribution in [-0.4, -0.2) is 38.1 Å². The number of amides is 1. The van der Waals surface area contributed by atoms with Crippen LogP contribution in [0.4, 0.5) is 0 Å². The lowest BCUT2D eigenvalue weighted by atomic mass is 10.1. The Morgan fingerprint density at radius 2 is 2.29 bits per heavy atom. The highest BCUT2D eigenvalue weighted by Crippen LogP contribution is 2.24. The Bertz CT molecular complexity index is 406. The SMILES string of the molecule is COc1cccc(C2CNCCC(=O)N2C)c1. The van der Waals surface area contributed by atoms with Crippen LogP contribution in [0.25, 0.3) is 0 Å². The Kier molecular flexibility index (Phi) is 3.64. The van der Waals surface area contributed by atoms with Gasteiger partial charge in [0.2, 0.25) is 5.91 Å². The van der Waals surface area contributed by atoms with Crippen molar-refractivity contribution in [1.82, 2.24) is 10.2 Å². The molecule has 17 heavy (non-hydrogen) atoms. The molecule has 1 saturated heterocycles. The molecule has 1 aliphatic rings. The average molecular weight is 234 g/mol. The topological polar surface area (TPSA) is 41.6 Å². The molecule has 0 bridgehead atoms. The Labute approximate surface area is 102 Å². The van der Waals surface area contributed by atoms with E-state index in [0.717, 1.165) is 24.4 Å². The summed E-state index contributed by atoms with van der Waals surface area (Å²) >= 11 is 0. The predicted molar refractivity (Wildman–Crippen MR) is 66.0 cm³/mol. The molecular formula is C13H18N2O2. The molecule has 0 radical (unpaired) electrons. The van der Waals surface area contributed by atoms with Gasteiger partial charge in [0, 0.05) is 26.6 Å². The van der Waals surface area contributed by atoms with Gasteiger partial charge in [-0.05, 0) is 17.7 Å². The maximum Gasteiger partial charge on any atom is 0.224 e. The van der Waals surface area contributed by atoms with Gasteiger partial charge in [0.1, 0.15) is 5.75 Å². The number of likely N-dealkylation sites (N-methyl/N-ethyl adjacent to an activating group) is 1. The van der Waals surface area contributed by atoms with E-state index in [1.165, 1.54) is 0 Å². The largest absolute Gasteiger partial charge is 0.497 e. The third-order valence-electron chi connectivity index (χ3n) is 3.19. The molecular weight excluding hydrogens is 216 g/mol. The van der Waals surface area contributed by atoms with Crippen LogP contribution in [0.1, 0.15) is 18.0 Å². The minimum atomic E-state index is 0.0834. The third-order valence-corrected chi connectivity index (χ3v) is 3.19. The number of hydrogen-bond donors (Lipinski definition) is 1. The standard InChI is InChI=1S/C13H18N2O2/c1-15-12(9-14-7-6-13(15)16)10-4-3-5-11(8-10)17-2/h3-5,8,12,14H,6-7,9H2,1-2H3. The van der Waals surface area contributed by atoms with E-state index in [9.17, 15) is 4.79 Å². The van der Waals surface area contributed by atoms with Gasteiger partial charge in [-0.25, -0.2) is 0 Å². The molecule has 4 heteroatoms.